The van der Waals surface area contributed by atoms with E-state index in [9.17, 15) is 9.59 Å². The van der Waals surface area contributed by atoms with Gasteiger partial charge in [-0.15, -0.1) is 0 Å². The molecule has 6 heteroatoms. The smallest absolute Gasteiger partial charge is 0.244 e. The van der Waals surface area contributed by atoms with E-state index in [1.807, 2.05) is 30.3 Å². The first kappa shape index (κ1) is 18.0. The summed E-state index contributed by atoms with van der Waals surface area (Å²) in [6.07, 6.45) is 0.795. The molecule has 0 saturated heterocycles. The van der Waals surface area contributed by atoms with Crippen LogP contribution in [0.25, 0.3) is 0 Å². The number of nitrogens with one attached hydrogen (secondary N) is 1. The van der Waals surface area contributed by atoms with E-state index in [4.69, 9.17) is 10.5 Å². The van der Waals surface area contributed by atoms with E-state index in [-0.39, 0.29) is 12.3 Å². The van der Waals surface area contributed by atoms with E-state index < -0.39 is 11.9 Å². The van der Waals surface area contributed by atoms with Gasteiger partial charge in [-0.2, -0.15) is 0 Å². The van der Waals surface area contributed by atoms with Crippen LogP contribution in [0.15, 0.2) is 59.1 Å². The van der Waals surface area contributed by atoms with Gasteiger partial charge in [-0.1, -0.05) is 52.3 Å². The average Bonchev–Trinajstić information content (AvgIpc) is 2.57. The van der Waals surface area contributed by atoms with Gasteiger partial charge in [0.2, 0.25) is 11.8 Å². The molecule has 0 radical (unpaired) electrons. The SMILES string of the molecule is NC(=O)C(NC(=O)CCCOc1cccc(Br)c1)c1ccccc1. The fourth-order valence-corrected chi connectivity index (χ4v) is 2.56. The first-order chi connectivity index (χ1) is 11.6. The molecule has 1 atom stereocenters. The molecule has 0 aliphatic carbocycles. The Morgan fingerprint density at radius 1 is 1.12 bits per heavy atom. The second-order valence-corrected chi connectivity index (χ2v) is 6.14. The maximum atomic E-state index is 12.0. The number of benzene rings is 2. The first-order valence-corrected chi connectivity index (χ1v) is 8.37. The highest BCUT2D eigenvalue weighted by Crippen LogP contribution is 2.18. The molecule has 0 saturated carbocycles. The number of primary amides is 1. The van der Waals surface area contributed by atoms with E-state index in [0.717, 1.165) is 10.2 Å². The van der Waals surface area contributed by atoms with Gasteiger partial charge in [0.25, 0.3) is 0 Å². The highest BCUT2D eigenvalue weighted by atomic mass is 79.9. The van der Waals surface area contributed by atoms with Crippen molar-refractivity contribution < 1.29 is 14.3 Å². The van der Waals surface area contributed by atoms with Crippen molar-refractivity contribution in [1.82, 2.24) is 5.32 Å². The molecule has 2 rings (SSSR count). The number of carbonyl (C=O) groups is 2. The van der Waals surface area contributed by atoms with Crippen LogP contribution in [-0.2, 0) is 9.59 Å². The molecule has 5 nitrogen and oxygen atoms in total. The summed E-state index contributed by atoms with van der Waals surface area (Å²) in [6.45, 7) is 0.413. The summed E-state index contributed by atoms with van der Waals surface area (Å²) in [4.78, 5) is 23.6. The molecule has 0 fully saturated rings. The van der Waals surface area contributed by atoms with Crippen molar-refractivity contribution in [2.45, 2.75) is 18.9 Å². The van der Waals surface area contributed by atoms with Crippen LogP contribution >= 0.6 is 15.9 Å². The summed E-state index contributed by atoms with van der Waals surface area (Å²) in [5.74, 6) is -0.0792. The molecule has 0 bridgehead atoms. The Morgan fingerprint density at radius 3 is 2.54 bits per heavy atom. The quantitative estimate of drug-likeness (QED) is 0.679. The van der Waals surface area contributed by atoms with Gasteiger partial charge in [-0.05, 0) is 30.2 Å². The Morgan fingerprint density at radius 2 is 1.88 bits per heavy atom. The lowest BCUT2D eigenvalue weighted by molar-refractivity contribution is -0.127. The van der Waals surface area contributed by atoms with E-state index in [1.165, 1.54) is 0 Å². The summed E-state index contributed by atoms with van der Waals surface area (Å²) in [6, 6.07) is 15.6. The molecular formula is C18H19BrN2O3. The van der Waals surface area contributed by atoms with Gasteiger partial charge in [-0.25, -0.2) is 0 Å². The lowest BCUT2D eigenvalue weighted by Gasteiger charge is -2.16. The lowest BCUT2D eigenvalue weighted by Crippen LogP contribution is -2.37. The summed E-state index contributed by atoms with van der Waals surface area (Å²) < 4.78 is 6.51. The molecule has 2 aromatic rings. The van der Waals surface area contributed by atoms with Gasteiger partial charge in [0.15, 0.2) is 0 Å². The van der Waals surface area contributed by atoms with Crippen LogP contribution in [0.1, 0.15) is 24.4 Å². The van der Waals surface area contributed by atoms with Crippen LogP contribution in [0.4, 0.5) is 0 Å². The number of ether oxygens (including phenoxy) is 1. The van der Waals surface area contributed by atoms with Gasteiger partial charge < -0.3 is 15.8 Å². The normalized spacial score (nSPS) is 11.5. The van der Waals surface area contributed by atoms with Crippen LogP contribution < -0.4 is 15.8 Å². The number of halogens is 1. The molecule has 24 heavy (non-hydrogen) atoms. The third-order valence-corrected chi connectivity index (χ3v) is 3.83. The highest BCUT2D eigenvalue weighted by Gasteiger charge is 2.19. The fourth-order valence-electron chi connectivity index (χ4n) is 2.18. The summed E-state index contributed by atoms with van der Waals surface area (Å²) >= 11 is 3.37. The topological polar surface area (TPSA) is 81.4 Å². The minimum absolute atomic E-state index is 0.236. The zero-order chi connectivity index (χ0) is 17.4. The Hall–Kier alpha value is -2.34. The number of nitrogens with two attached hydrogens (primary N) is 1. The van der Waals surface area contributed by atoms with Crippen molar-refractivity contribution in [3.05, 3.63) is 64.6 Å². The molecule has 126 valence electrons. The minimum atomic E-state index is -0.815. The lowest BCUT2D eigenvalue weighted by atomic mass is 10.1. The molecule has 0 spiro atoms. The summed E-state index contributed by atoms with van der Waals surface area (Å²) in [5.41, 5.74) is 6.05. The van der Waals surface area contributed by atoms with Gasteiger partial charge in [0, 0.05) is 10.9 Å². The maximum absolute atomic E-state index is 12.0. The molecule has 0 heterocycles. The van der Waals surface area contributed by atoms with Gasteiger partial charge in [0.05, 0.1) is 6.61 Å². The van der Waals surface area contributed by atoms with Crippen molar-refractivity contribution >= 4 is 27.7 Å². The Kier molecular flexibility index (Phi) is 6.81. The summed E-state index contributed by atoms with van der Waals surface area (Å²) in [7, 11) is 0. The van der Waals surface area contributed by atoms with Crippen molar-refractivity contribution in [2.75, 3.05) is 6.61 Å². The van der Waals surface area contributed by atoms with Crippen LogP contribution in [0.2, 0.25) is 0 Å². The average molecular weight is 391 g/mol. The van der Waals surface area contributed by atoms with Crippen LogP contribution in [0.5, 0.6) is 5.75 Å². The monoisotopic (exact) mass is 390 g/mol. The van der Waals surface area contributed by atoms with Gasteiger partial charge in [0.1, 0.15) is 11.8 Å². The van der Waals surface area contributed by atoms with Crippen LogP contribution in [0.3, 0.4) is 0 Å². The number of hydrogen-bond donors (Lipinski definition) is 2. The van der Waals surface area contributed by atoms with Crippen molar-refractivity contribution in [1.29, 1.82) is 0 Å². The summed E-state index contributed by atoms with van der Waals surface area (Å²) in [5, 5.41) is 2.66. The zero-order valence-corrected chi connectivity index (χ0v) is 14.7. The molecule has 1 unspecified atom stereocenters. The Labute approximate surface area is 149 Å². The standard InChI is InChI=1S/C18H19BrN2O3/c19-14-8-4-9-15(12-14)24-11-5-10-16(22)21-17(18(20)23)13-6-2-1-3-7-13/h1-4,6-9,12,17H,5,10-11H2,(H2,20,23)(H,21,22). The number of carbonyl (C=O) groups excluding carboxylic acids is 2. The molecule has 2 amide bonds. The minimum Gasteiger partial charge on any atom is -0.494 e. The fraction of sp³-hybridized carbons (Fsp3) is 0.222. The number of hydrogen-bond acceptors (Lipinski definition) is 3. The van der Waals surface area contributed by atoms with Crippen molar-refractivity contribution in [3.8, 4) is 5.75 Å². The molecule has 0 aliphatic rings. The van der Waals surface area contributed by atoms with Gasteiger partial charge in [-0.3, -0.25) is 9.59 Å². The molecule has 2 aromatic carbocycles. The van der Waals surface area contributed by atoms with E-state index in [1.54, 1.807) is 24.3 Å². The molecule has 0 aromatic heterocycles. The largest absolute Gasteiger partial charge is 0.494 e. The number of rotatable bonds is 8. The van der Waals surface area contributed by atoms with E-state index in [2.05, 4.69) is 21.2 Å². The second kappa shape index (κ2) is 9.08. The van der Waals surface area contributed by atoms with Crippen LogP contribution in [0, 0.1) is 0 Å². The highest BCUT2D eigenvalue weighted by molar-refractivity contribution is 9.10. The Bertz CT molecular complexity index is 692. The third-order valence-electron chi connectivity index (χ3n) is 3.34. The zero-order valence-electron chi connectivity index (χ0n) is 13.1. The first-order valence-electron chi connectivity index (χ1n) is 7.58. The number of amides is 2. The predicted octanol–water partition coefficient (Wildman–Crippen LogP) is 2.95. The van der Waals surface area contributed by atoms with Crippen LogP contribution in [-0.4, -0.2) is 18.4 Å². The van der Waals surface area contributed by atoms with E-state index >= 15 is 0 Å². The maximum Gasteiger partial charge on any atom is 0.244 e. The van der Waals surface area contributed by atoms with E-state index in [0.29, 0.717) is 18.6 Å². The van der Waals surface area contributed by atoms with Crippen molar-refractivity contribution in [2.24, 2.45) is 5.73 Å². The third kappa shape index (κ3) is 5.70. The second-order valence-electron chi connectivity index (χ2n) is 5.22. The van der Waals surface area contributed by atoms with Crippen molar-refractivity contribution in [3.63, 3.8) is 0 Å². The molecular weight excluding hydrogens is 372 g/mol. The molecule has 3 N–H and O–H groups in total. The van der Waals surface area contributed by atoms with Gasteiger partial charge >= 0.3 is 0 Å². The predicted molar refractivity (Wildman–Crippen MR) is 95.4 cm³/mol. The Balaban J connectivity index is 1.78. The molecule has 0 aliphatic heterocycles.